The molecule has 1 N–H and O–H groups in total. The van der Waals surface area contributed by atoms with Crippen molar-refractivity contribution >= 4 is 0 Å². The van der Waals surface area contributed by atoms with E-state index in [0.29, 0.717) is 6.04 Å². The molecule has 110 valence electrons. The smallest absolute Gasteiger partial charge is 0.119 e. The number of fused-ring (bicyclic) bond motifs is 2. The Bertz CT molecular complexity index is 428. The first-order valence-electron chi connectivity index (χ1n) is 8.13. The van der Waals surface area contributed by atoms with Gasteiger partial charge in [-0.15, -0.1) is 0 Å². The standard InChI is InChI=1S/C18H27NO/c1-13-3-7-18(8-4-13)20-12-14(2)19-11-17-10-15-5-6-16(17)9-15/h3-4,7-8,14-17,19H,5-6,9-12H2,1-2H3. The third-order valence-electron chi connectivity index (χ3n) is 5.13. The van der Waals surface area contributed by atoms with E-state index in [1.165, 1.54) is 37.8 Å². The van der Waals surface area contributed by atoms with E-state index in [2.05, 4.69) is 43.4 Å². The number of benzene rings is 1. The summed E-state index contributed by atoms with van der Waals surface area (Å²) < 4.78 is 5.84. The van der Waals surface area contributed by atoms with Crippen LogP contribution in [0.25, 0.3) is 0 Å². The first kappa shape index (κ1) is 13.9. The predicted molar refractivity (Wildman–Crippen MR) is 83.1 cm³/mol. The molecule has 4 atom stereocenters. The van der Waals surface area contributed by atoms with Crippen LogP contribution in [-0.4, -0.2) is 19.2 Å². The quantitative estimate of drug-likeness (QED) is 0.851. The van der Waals surface area contributed by atoms with Crippen molar-refractivity contribution in [2.24, 2.45) is 17.8 Å². The summed E-state index contributed by atoms with van der Waals surface area (Å²) >= 11 is 0. The summed E-state index contributed by atoms with van der Waals surface area (Å²) in [5, 5.41) is 3.67. The molecule has 4 unspecified atom stereocenters. The number of rotatable bonds is 6. The van der Waals surface area contributed by atoms with Gasteiger partial charge in [-0.25, -0.2) is 0 Å². The van der Waals surface area contributed by atoms with Gasteiger partial charge < -0.3 is 10.1 Å². The van der Waals surface area contributed by atoms with Gasteiger partial charge in [-0.1, -0.05) is 24.1 Å². The minimum absolute atomic E-state index is 0.426. The highest BCUT2D eigenvalue weighted by atomic mass is 16.5. The highest BCUT2D eigenvalue weighted by molar-refractivity contribution is 5.26. The molecule has 2 fully saturated rings. The lowest BCUT2D eigenvalue weighted by molar-refractivity contribution is 0.250. The normalized spacial score (nSPS) is 29.6. The van der Waals surface area contributed by atoms with Gasteiger partial charge in [0.05, 0.1) is 0 Å². The second-order valence-corrected chi connectivity index (χ2v) is 6.87. The Morgan fingerprint density at radius 3 is 2.65 bits per heavy atom. The fraction of sp³-hybridized carbons (Fsp3) is 0.667. The van der Waals surface area contributed by atoms with Crippen molar-refractivity contribution in [2.45, 2.75) is 45.6 Å². The van der Waals surface area contributed by atoms with Crippen molar-refractivity contribution < 1.29 is 4.74 Å². The maximum absolute atomic E-state index is 5.84. The predicted octanol–water partition coefficient (Wildman–Crippen LogP) is 3.79. The van der Waals surface area contributed by atoms with Gasteiger partial charge in [0, 0.05) is 6.04 Å². The summed E-state index contributed by atoms with van der Waals surface area (Å²) in [6, 6.07) is 8.73. The van der Waals surface area contributed by atoms with E-state index in [1.54, 1.807) is 0 Å². The van der Waals surface area contributed by atoms with Crippen LogP contribution in [-0.2, 0) is 0 Å². The molecular formula is C18H27NO. The van der Waals surface area contributed by atoms with Crippen molar-refractivity contribution in [1.29, 1.82) is 0 Å². The average Bonchev–Trinajstić information content (AvgIpc) is 3.07. The highest BCUT2D eigenvalue weighted by Crippen LogP contribution is 2.47. The van der Waals surface area contributed by atoms with Crippen LogP contribution in [0.15, 0.2) is 24.3 Å². The average molecular weight is 273 g/mol. The molecule has 0 aromatic heterocycles. The molecule has 0 radical (unpaired) electrons. The number of nitrogens with one attached hydrogen (secondary N) is 1. The molecule has 2 saturated carbocycles. The Hall–Kier alpha value is -1.02. The lowest BCUT2D eigenvalue weighted by Crippen LogP contribution is -2.36. The zero-order chi connectivity index (χ0) is 13.9. The van der Waals surface area contributed by atoms with E-state index < -0.39 is 0 Å². The van der Waals surface area contributed by atoms with E-state index >= 15 is 0 Å². The van der Waals surface area contributed by atoms with Gasteiger partial charge >= 0.3 is 0 Å². The van der Waals surface area contributed by atoms with Crippen molar-refractivity contribution in [2.75, 3.05) is 13.2 Å². The Morgan fingerprint density at radius 2 is 2.00 bits per heavy atom. The summed E-state index contributed by atoms with van der Waals surface area (Å²) in [4.78, 5) is 0. The fourth-order valence-corrected chi connectivity index (χ4v) is 3.89. The van der Waals surface area contributed by atoms with Crippen LogP contribution in [0.4, 0.5) is 0 Å². The third-order valence-corrected chi connectivity index (χ3v) is 5.13. The van der Waals surface area contributed by atoms with Crippen molar-refractivity contribution in [1.82, 2.24) is 5.32 Å². The largest absolute Gasteiger partial charge is 0.492 e. The van der Waals surface area contributed by atoms with Crippen molar-refractivity contribution in [3.8, 4) is 5.75 Å². The van der Waals surface area contributed by atoms with Gasteiger partial charge in [0.15, 0.2) is 0 Å². The number of hydrogen-bond donors (Lipinski definition) is 1. The molecule has 0 spiro atoms. The summed E-state index contributed by atoms with van der Waals surface area (Å²) in [6.45, 7) is 6.26. The molecule has 2 heteroatoms. The molecule has 2 aliphatic carbocycles. The summed E-state index contributed by atoms with van der Waals surface area (Å²) in [5.74, 6) is 3.96. The minimum atomic E-state index is 0.426. The van der Waals surface area contributed by atoms with Crippen LogP contribution < -0.4 is 10.1 Å². The zero-order valence-electron chi connectivity index (χ0n) is 12.8. The Labute approximate surface area is 122 Å². The minimum Gasteiger partial charge on any atom is -0.492 e. The number of aryl methyl sites for hydroxylation is 1. The summed E-state index contributed by atoms with van der Waals surface area (Å²) in [6.07, 6.45) is 5.93. The lowest BCUT2D eigenvalue weighted by atomic mass is 9.89. The van der Waals surface area contributed by atoms with Gasteiger partial charge in [0.2, 0.25) is 0 Å². The molecule has 0 saturated heterocycles. The van der Waals surface area contributed by atoms with Crippen LogP contribution >= 0.6 is 0 Å². The molecule has 3 rings (SSSR count). The van der Waals surface area contributed by atoms with Crippen LogP contribution in [0.5, 0.6) is 5.75 Å². The van der Waals surface area contributed by atoms with E-state index in [0.717, 1.165) is 30.1 Å². The molecule has 1 aromatic rings. The maximum atomic E-state index is 5.84. The molecule has 0 amide bonds. The van der Waals surface area contributed by atoms with Crippen molar-refractivity contribution in [3.05, 3.63) is 29.8 Å². The SMILES string of the molecule is Cc1ccc(OCC(C)NCC2CC3CCC2C3)cc1. The summed E-state index contributed by atoms with van der Waals surface area (Å²) in [7, 11) is 0. The van der Waals surface area contributed by atoms with Crippen LogP contribution in [0.2, 0.25) is 0 Å². The van der Waals surface area contributed by atoms with E-state index in [4.69, 9.17) is 4.74 Å². The van der Waals surface area contributed by atoms with E-state index in [-0.39, 0.29) is 0 Å². The Balaban J connectivity index is 1.37. The third kappa shape index (κ3) is 3.35. The molecule has 0 heterocycles. The number of hydrogen-bond acceptors (Lipinski definition) is 2. The van der Waals surface area contributed by atoms with Crippen LogP contribution in [0, 0.1) is 24.7 Å². The second kappa shape index (κ2) is 6.17. The first-order valence-corrected chi connectivity index (χ1v) is 8.13. The molecule has 2 nitrogen and oxygen atoms in total. The van der Waals surface area contributed by atoms with E-state index in [9.17, 15) is 0 Å². The fourth-order valence-electron chi connectivity index (χ4n) is 3.89. The molecule has 2 bridgehead atoms. The molecule has 1 aromatic carbocycles. The second-order valence-electron chi connectivity index (χ2n) is 6.87. The van der Waals surface area contributed by atoms with Gasteiger partial charge in [0.1, 0.15) is 12.4 Å². The van der Waals surface area contributed by atoms with Gasteiger partial charge in [-0.05, 0) is 69.5 Å². The zero-order valence-corrected chi connectivity index (χ0v) is 12.8. The highest BCUT2D eigenvalue weighted by Gasteiger charge is 2.39. The number of ether oxygens (including phenoxy) is 1. The monoisotopic (exact) mass is 273 g/mol. The topological polar surface area (TPSA) is 21.3 Å². The maximum Gasteiger partial charge on any atom is 0.119 e. The molecule has 2 aliphatic rings. The summed E-state index contributed by atoms with van der Waals surface area (Å²) in [5.41, 5.74) is 1.28. The lowest BCUT2D eigenvalue weighted by Gasteiger charge is -2.24. The van der Waals surface area contributed by atoms with Crippen LogP contribution in [0.1, 0.15) is 38.2 Å². The van der Waals surface area contributed by atoms with Gasteiger partial charge in [0.25, 0.3) is 0 Å². The van der Waals surface area contributed by atoms with E-state index in [1.807, 2.05) is 0 Å². The molecular weight excluding hydrogens is 246 g/mol. The molecule has 20 heavy (non-hydrogen) atoms. The first-order chi connectivity index (χ1) is 9.70. The Kier molecular flexibility index (Phi) is 4.30. The van der Waals surface area contributed by atoms with Gasteiger partial charge in [-0.3, -0.25) is 0 Å². The van der Waals surface area contributed by atoms with Crippen LogP contribution in [0.3, 0.4) is 0 Å². The molecule has 0 aliphatic heterocycles. The van der Waals surface area contributed by atoms with Gasteiger partial charge in [-0.2, -0.15) is 0 Å². The van der Waals surface area contributed by atoms with Crippen molar-refractivity contribution in [3.63, 3.8) is 0 Å². The Morgan fingerprint density at radius 1 is 1.20 bits per heavy atom.